The maximum Gasteiger partial charge on any atom is 0.310 e. The van der Waals surface area contributed by atoms with Crippen LogP contribution in [0.3, 0.4) is 0 Å². The number of benzene rings is 1. The number of rotatable bonds is 6. The largest absolute Gasteiger partial charge is 0.495 e. The van der Waals surface area contributed by atoms with Gasteiger partial charge in [-0.2, -0.15) is 0 Å². The lowest BCUT2D eigenvalue weighted by Crippen LogP contribution is -2.41. The van der Waals surface area contributed by atoms with E-state index in [0.717, 1.165) is 56.5 Å². The molecule has 160 valence electrons. The fraction of sp³-hybridized carbons (Fsp3) is 0.636. The van der Waals surface area contributed by atoms with Crippen molar-refractivity contribution in [3.05, 3.63) is 24.3 Å². The lowest BCUT2D eigenvalue weighted by molar-refractivity contribution is -0.145. The van der Waals surface area contributed by atoms with Crippen LogP contribution < -0.4 is 15.0 Å². The van der Waals surface area contributed by atoms with Crippen LogP contribution in [0.15, 0.2) is 29.3 Å². The predicted molar refractivity (Wildman–Crippen MR) is 116 cm³/mol. The van der Waals surface area contributed by atoms with Crippen molar-refractivity contribution in [3.63, 3.8) is 0 Å². The van der Waals surface area contributed by atoms with E-state index in [9.17, 15) is 4.79 Å². The number of guanidine groups is 1. The van der Waals surface area contributed by atoms with Gasteiger partial charge in [0, 0.05) is 39.3 Å². The van der Waals surface area contributed by atoms with E-state index in [-0.39, 0.29) is 17.8 Å². The smallest absolute Gasteiger partial charge is 0.310 e. The van der Waals surface area contributed by atoms with E-state index >= 15 is 0 Å². The molecule has 3 rings (SSSR count). The number of nitrogens with one attached hydrogen (secondary N) is 1. The highest BCUT2D eigenvalue weighted by Crippen LogP contribution is 2.32. The van der Waals surface area contributed by atoms with Crippen LogP contribution in [0.4, 0.5) is 5.69 Å². The number of carbonyl (C=O) groups is 1. The van der Waals surface area contributed by atoms with E-state index in [1.165, 1.54) is 7.11 Å². The summed E-state index contributed by atoms with van der Waals surface area (Å²) in [7, 11) is 3.18. The molecule has 0 amide bonds. The lowest BCUT2D eigenvalue weighted by Gasteiger charge is -2.23. The van der Waals surface area contributed by atoms with Gasteiger partial charge in [-0.25, -0.2) is 0 Å². The third-order valence-corrected chi connectivity index (χ3v) is 5.96. The molecule has 2 heterocycles. The quantitative estimate of drug-likeness (QED) is 0.447. The number of aliphatic imine (C=N–C) groups is 1. The Hall–Kier alpha value is -2.44. The average Bonchev–Trinajstić information content (AvgIpc) is 3.37. The van der Waals surface area contributed by atoms with Crippen molar-refractivity contribution >= 4 is 17.6 Å². The number of methoxy groups -OCH3 is 2. The highest BCUT2D eigenvalue weighted by molar-refractivity contribution is 5.82. The molecular weight excluding hydrogens is 368 g/mol. The number of hydrogen-bond donors (Lipinski definition) is 1. The van der Waals surface area contributed by atoms with Crippen molar-refractivity contribution in [2.75, 3.05) is 58.4 Å². The first kappa shape index (κ1) is 21.3. The minimum atomic E-state index is -0.126. The van der Waals surface area contributed by atoms with Crippen LogP contribution in [0.2, 0.25) is 0 Å². The number of hydrogen-bond acceptors (Lipinski definition) is 5. The number of anilines is 1. The number of carbonyl (C=O) groups excluding carboxylic acids is 1. The monoisotopic (exact) mass is 402 g/mol. The molecule has 0 aliphatic carbocycles. The van der Waals surface area contributed by atoms with Gasteiger partial charge in [0.25, 0.3) is 0 Å². The van der Waals surface area contributed by atoms with E-state index in [0.29, 0.717) is 12.5 Å². The normalized spacial score (nSPS) is 24.7. The first-order valence-corrected chi connectivity index (χ1v) is 10.6. The lowest BCUT2D eigenvalue weighted by atomic mass is 9.99. The van der Waals surface area contributed by atoms with E-state index in [4.69, 9.17) is 14.5 Å². The number of likely N-dealkylation sites (tertiary alicyclic amines) is 1. The fourth-order valence-corrected chi connectivity index (χ4v) is 4.33. The zero-order valence-electron chi connectivity index (χ0n) is 18.1. The van der Waals surface area contributed by atoms with E-state index in [2.05, 4.69) is 41.1 Å². The summed E-state index contributed by atoms with van der Waals surface area (Å²) in [4.78, 5) is 21.5. The van der Waals surface area contributed by atoms with Gasteiger partial charge in [0.05, 0.1) is 25.8 Å². The second-order valence-corrected chi connectivity index (χ2v) is 7.98. The Labute approximate surface area is 174 Å². The van der Waals surface area contributed by atoms with Crippen LogP contribution in [-0.2, 0) is 9.53 Å². The van der Waals surface area contributed by atoms with Crippen LogP contribution in [0, 0.1) is 17.8 Å². The summed E-state index contributed by atoms with van der Waals surface area (Å²) in [6, 6.07) is 8.18. The molecular formula is C22H34N4O3. The van der Waals surface area contributed by atoms with Gasteiger partial charge >= 0.3 is 5.97 Å². The van der Waals surface area contributed by atoms with Crippen molar-refractivity contribution in [1.82, 2.24) is 10.2 Å². The maximum absolute atomic E-state index is 12.0. The highest BCUT2D eigenvalue weighted by Gasteiger charge is 2.37. The van der Waals surface area contributed by atoms with E-state index in [1.54, 1.807) is 7.11 Å². The zero-order valence-corrected chi connectivity index (χ0v) is 18.1. The molecule has 2 saturated heterocycles. The minimum Gasteiger partial charge on any atom is -0.495 e. The molecule has 7 nitrogen and oxygen atoms in total. The average molecular weight is 403 g/mol. The van der Waals surface area contributed by atoms with Crippen LogP contribution in [-0.4, -0.2) is 70.3 Å². The zero-order chi connectivity index (χ0) is 20.8. The molecule has 0 saturated carbocycles. The van der Waals surface area contributed by atoms with Gasteiger partial charge in [0.2, 0.25) is 0 Å². The fourth-order valence-electron chi connectivity index (χ4n) is 4.33. The number of esters is 1. The first-order valence-electron chi connectivity index (χ1n) is 10.6. The van der Waals surface area contributed by atoms with Gasteiger partial charge in [-0.15, -0.1) is 0 Å². The second kappa shape index (κ2) is 9.85. The topological polar surface area (TPSA) is 66.4 Å². The third kappa shape index (κ3) is 4.95. The molecule has 2 aliphatic heterocycles. The van der Waals surface area contributed by atoms with E-state index < -0.39 is 0 Å². The molecule has 29 heavy (non-hydrogen) atoms. The number of para-hydroxylation sites is 2. The molecule has 0 spiro atoms. The molecule has 7 heteroatoms. The SMILES string of the molecule is CCNC(=NCC1CCN(c2ccccc2OC)C1)N1CC(C)C(C(=O)OC)C1. The third-order valence-electron chi connectivity index (χ3n) is 5.96. The standard InChI is InChI=1S/C22H34N4O3/c1-5-23-22(26-13-16(2)18(15-26)21(27)29-4)24-12-17-10-11-25(14-17)19-8-6-7-9-20(19)28-3/h6-9,16-18H,5,10-15H2,1-4H3,(H,23,24). The Balaban J connectivity index is 1.62. The molecule has 2 aliphatic rings. The summed E-state index contributed by atoms with van der Waals surface area (Å²) in [5, 5.41) is 3.40. The van der Waals surface area contributed by atoms with E-state index in [1.807, 2.05) is 12.1 Å². The molecule has 2 fully saturated rings. The highest BCUT2D eigenvalue weighted by atomic mass is 16.5. The summed E-state index contributed by atoms with van der Waals surface area (Å²) < 4.78 is 10.5. The van der Waals surface area contributed by atoms with Crippen LogP contribution in [0.25, 0.3) is 0 Å². The van der Waals surface area contributed by atoms with Crippen LogP contribution >= 0.6 is 0 Å². The van der Waals surface area contributed by atoms with Crippen LogP contribution in [0.5, 0.6) is 5.75 Å². The summed E-state index contributed by atoms with van der Waals surface area (Å²) in [6.45, 7) is 9.25. The predicted octanol–water partition coefficient (Wildman–Crippen LogP) is 2.23. The Morgan fingerprint density at radius 3 is 2.76 bits per heavy atom. The number of nitrogens with zero attached hydrogens (tertiary/aromatic N) is 3. The molecule has 1 N–H and O–H groups in total. The maximum atomic E-state index is 12.0. The first-order chi connectivity index (χ1) is 14.1. The molecule has 3 atom stereocenters. The Kier molecular flexibility index (Phi) is 7.23. The van der Waals surface area contributed by atoms with Gasteiger partial charge in [0.1, 0.15) is 5.75 Å². The molecule has 1 aromatic carbocycles. The molecule has 1 aromatic rings. The molecule has 3 unspecified atom stereocenters. The Morgan fingerprint density at radius 1 is 1.24 bits per heavy atom. The summed E-state index contributed by atoms with van der Waals surface area (Å²) in [6.07, 6.45) is 1.11. The summed E-state index contributed by atoms with van der Waals surface area (Å²) in [5.41, 5.74) is 1.16. The van der Waals surface area contributed by atoms with Gasteiger partial charge in [-0.1, -0.05) is 19.1 Å². The van der Waals surface area contributed by atoms with Crippen molar-refractivity contribution in [2.45, 2.75) is 20.3 Å². The van der Waals surface area contributed by atoms with Gasteiger partial charge in [-0.3, -0.25) is 9.79 Å². The van der Waals surface area contributed by atoms with Crippen molar-refractivity contribution in [2.24, 2.45) is 22.7 Å². The number of ether oxygens (including phenoxy) is 2. The van der Waals surface area contributed by atoms with Crippen molar-refractivity contribution in [3.8, 4) is 5.75 Å². The van der Waals surface area contributed by atoms with Gasteiger partial charge < -0.3 is 24.6 Å². The Bertz CT molecular complexity index is 724. The van der Waals surface area contributed by atoms with Gasteiger partial charge in [0.15, 0.2) is 5.96 Å². The second-order valence-electron chi connectivity index (χ2n) is 7.98. The summed E-state index contributed by atoms with van der Waals surface area (Å²) >= 11 is 0. The van der Waals surface area contributed by atoms with Crippen LogP contribution in [0.1, 0.15) is 20.3 Å². The van der Waals surface area contributed by atoms with Gasteiger partial charge in [-0.05, 0) is 37.3 Å². The van der Waals surface area contributed by atoms with Crippen molar-refractivity contribution in [1.29, 1.82) is 0 Å². The molecule has 0 aromatic heterocycles. The van der Waals surface area contributed by atoms with Crippen molar-refractivity contribution < 1.29 is 14.3 Å². The molecule has 0 radical (unpaired) electrons. The minimum absolute atomic E-state index is 0.0867. The molecule has 0 bridgehead atoms. The summed E-state index contributed by atoms with van der Waals surface area (Å²) in [5.74, 6) is 2.38. The Morgan fingerprint density at radius 2 is 2.03 bits per heavy atom.